The standard InChI is InChI=1S/C20H25N5O2/c1-12(2)20(26)24-7-5-6-15(11-24)19-16(17-8-14(4)23-27-17)10-21-18-9-13(3)22-25(18)19/h8-10,12,15H,5-7,11H2,1-4H3. The van der Waals surface area contributed by atoms with Crippen LogP contribution in [-0.2, 0) is 4.79 Å². The summed E-state index contributed by atoms with van der Waals surface area (Å²) in [6.45, 7) is 9.28. The molecule has 142 valence electrons. The molecule has 3 aromatic heterocycles. The monoisotopic (exact) mass is 367 g/mol. The Labute approximate surface area is 158 Å². The molecule has 3 aromatic rings. The smallest absolute Gasteiger partial charge is 0.225 e. The Morgan fingerprint density at radius 1 is 1.26 bits per heavy atom. The van der Waals surface area contributed by atoms with Crippen molar-refractivity contribution in [2.24, 2.45) is 5.92 Å². The van der Waals surface area contributed by atoms with Gasteiger partial charge in [-0.1, -0.05) is 19.0 Å². The fourth-order valence-electron chi connectivity index (χ4n) is 3.90. The lowest BCUT2D eigenvalue weighted by Crippen LogP contribution is -2.41. The Hall–Kier alpha value is -2.70. The number of aryl methyl sites for hydroxylation is 2. The number of carbonyl (C=O) groups is 1. The first-order chi connectivity index (χ1) is 12.9. The first-order valence-electron chi connectivity index (χ1n) is 9.52. The van der Waals surface area contributed by atoms with E-state index in [4.69, 9.17) is 4.52 Å². The second kappa shape index (κ2) is 6.79. The SMILES string of the molecule is Cc1cc(-c2cnc3cc(C)nn3c2C2CCCN(C(=O)C(C)C)C2)on1. The number of hydrogen-bond acceptors (Lipinski definition) is 5. The first kappa shape index (κ1) is 17.7. The number of rotatable bonds is 3. The van der Waals surface area contributed by atoms with Gasteiger partial charge in [0.25, 0.3) is 0 Å². The van der Waals surface area contributed by atoms with Crippen LogP contribution in [0, 0.1) is 19.8 Å². The molecular formula is C20H25N5O2. The average molecular weight is 367 g/mol. The van der Waals surface area contributed by atoms with Crippen molar-refractivity contribution >= 4 is 11.6 Å². The van der Waals surface area contributed by atoms with Crippen molar-refractivity contribution in [3.8, 4) is 11.3 Å². The number of fused-ring (bicyclic) bond motifs is 1. The lowest BCUT2D eigenvalue weighted by molar-refractivity contribution is -0.135. The second-order valence-corrected chi connectivity index (χ2v) is 7.72. The van der Waals surface area contributed by atoms with E-state index in [0.29, 0.717) is 12.3 Å². The van der Waals surface area contributed by atoms with Crippen molar-refractivity contribution < 1.29 is 9.32 Å². The van der Waals surface area contributed by atoms with Gasteiger partial charge in [0.1, 0.15) is 0 Å². The summed E-state index contributed by atoms with van der Waals surface area (Å²) in [6, 6.07) is 3.89. The van der Waals surface area contributed by atoms with E-state index in [1.54, 1.807) is 0 Å². The minimum Gasteiger partial charge on any atom is -0.356 e. The highest BCUT2D eigenvalue weighted by Crippen LogP contribution is 2.35. The lowest BCUT2D eigenvalue weighted by Gasteiger charge is -2.34. The summed E-state index contributed by atoms with van der Waals surface area (Å²) >= 11 is 0. The largest absolute Gasteiger partial charge is 0.356 e. The van der Waals surface area contributed by atoms with Crippen molar-refractivity contribution in [3.63, 3.8) is 0 Å². The number of hydrogen-bond donors (Lipinski definition) is 0. The molecule has 4 heterocycles. The average Bonchev–Trinajstić information content (AvgIpc) is 3.24. The van der Waals surface area contributed by atoms with E-state index >= 15 is 0 Å². The highest BCUT2D eigenvalue weighted by molar-refractivity contribution is 5.78. The number of aromatic nitrogens is 4. The van der Waals surface area contributed by atoms with Crippen LogP contribution in [0.1, 0.15) is 49.7 Å². The molecular weight excluding hydrogens is 342 g/mol. The molecule has 0 spiro atoms. The molecule has 1 fully saturated rings. The maximum atomic E-state index is 12.6. The quantitative estimate of drug-likeness (QED) is 0.709. The fraction of sp³-hybridized carbons (Fsp3) is 0.500. The Kier molecular flexibility index (Phi) is 4.45. The molecule has 7 heteroatoms. The zero-order valence-corrected chi connectivity index (χ0v) is 16.3. The summed E-state index contributed by atoms with van der Waals surface area (Å²) in [5, 5.41) is 8.71. The van der Waals surface area contributed by atoms with Crippen molar-refractivity contribution in [2.75, 3.05) is 13.1 Å². The van der Waals surface area contributed by atoms with Crippen LogP contribution < -0.4 is 0 Å². The fourth-order valence-corrected chi connectivity index (χ4v) is 3.90. The summed E-state index contributed by atoms with van der Waals surface area (Å²) in [4.78, 5) is 19.1. The van der Waals surface area contributed by atoms with Crippen molar-refractivity contribution in [1.29, 1.82) is 0 Å². The highest BCUT2D eigenvalue weighted by Gasteiger charge is 2.30. The van der Waals surface area contributed by atoms with Crippen LogP contribution >= 0.6 is 0 Å². The third-order valence-electron chi connectivity index (χ3n) is 5.15. The van der Waals surface area contributed by atoms with E-state index < -0.39 is 0 Å². The normalized spacial score (nSPS) is 17.8. The van der Waals surface area contributed by atoms with Crippen molar-refractivity contribution in [3.05, 3.63) is 35.4 Å². The van der Waals surface area contributed by atoms with Crippen LogP contribution in [0.4, 0.5) is 0 Å². The predicted octanol–water partition coefficient (Wildman–Crippen LogP) is 3.36. The zero-order valence-electron chi connectivity index (χ0n) is 16.3. The maximum Gasteiger partial charge on any atom is 0.225 e. The lowest BCUT2D eigenvalue weighted by atomic mass is 9.90. The molecule has 1 unspecified atom stereocenters. The van der Waals surface area contributed by atoms with E-state index in [9.17, 15) is 4.79 Å². The molecule has 27 heavy (non-hydrogen) atoms. The van der Waals surface area contributed by atoms with Crippen LogP contribution in [0.3, 0.4) is 0 Å². The number of amides is 1. The van der Waals surface area contributed by atoms with Gasteiger partial charge in [0, 0.05) is 43.3 Å². The Morgan fingerprint density at radius 3 is 2.78 bits per heavy atom. The second-order valence-electron chi connectivity index (χ2n) is 7.72. The van der Waals surface area contributed by atoms with Gasteiger partial charge in [-0.2, -0.15) is 5.10 Å². The van der Waals surface area contributed by atoms with Crippen LogP contribution in [-0.4, -0.2) is 43.7 Å². The van der Waals surface area contributed by atoms with E-state index in [1.807, 2.05) is 55.4 Å². The maximum absolute atomic E-state index is 12.6. The van der Waals surface area contributed by atoms with Crippen LogP contribution in [0.2, 0.25) is 0 Å². The van der Waals surface area contributed by atoms with Gasteiger partial charge >= 0.3 is 0 Å². The van der Waals surface area contributed by atoms with Gasteiger partial charge in [0.2, 0.25) is 5.91 Å². The molecule has 0 aliphatic carbocycles. The number of piperidine rings is 1. The van der Waals surface area contributed by atoms with Gasteiger partial charge in [-0.05, 0) is 26.7 Å². The van der Waals surface area contributed by atoms with Gasteiger partial charge in [0.15, 0.2) is 11.4 Å². The molecule has 0 N–H and O–H groups in total. The van der Waals surface area contributed by atoms with Crippen LogP contribution in [0.15, 0.2) is 22.9 Å². The highest BCUT2D eigenvalue weighted by atomic mass is 16.5. The van der Waals surface area contributed by atoms with Gasteiger partial charge < -0.3 is 9.42 Å². The summed E-state index contributed by atoms with van der Waals surface area (Å²) in [7, 11) is 0. The van der Waals surface area contributed by atoms with Gasteiger partial charge in [-0.25, -0.2) is 9.50 Å². The third-order valence-corrected chi connectivity index (χ3v) is 5.15. The Bertz CT molecular complexity index is 988. The molecule has 0 radical (unpaired) electrons. The number of nitrogens with zero attached hydrogens (tertiary/aromatic N) is 5. The summed E-state index contributed by atoms with van der Waals surface area (Å²) in [5.74, 6) is 1.08. The van der Waals surface area contributed by atoms with Gasteiger partial charge in [0.05, 0.1) is 22.6 Å². The molecule has 0 bridgehead atoms. The van der Waals surface area contributed by atoms with Crippen LogP contribution in [0.5, 0.6) is 0 Å². The summed E-state index contributed by atoms with van der Waals surface area (Å²) in [6.07, 6.45) is 3.82. The minimum absolute atomic E-state index is 0.00421. The molecule has 1 amide bonds. The summed E-state index contributed by atoms with van der Waals surface area (Å²) < 4.78 is 7.45. The van der Waals surface area contributed by atoms with E-state index in [1.165, 1.54) is 0 Å². The molecule has 7 nitrogen and oxygen atoms in total. The zero-order chi connectivity index (χ0) is 19.1. The van der Waals surface area contributed by atoms with Gasteiger partial charge in [-0.15, -0.1) is 0 Å². The Balaban J connectivity index is 1.82. The molecule has 4 rings (SSSR count). The van der Waals surface area contributed by atoms with Crippen LogP contribution in [0.25, 0.3) is 17.0 Å². The minimum atomic E-state index is 0.00421. The van der Waals surface area contributed by atoms with Crippen molar-refractivity contribution in [1.82, 2.24) is 24.7 Å². The predicted molar refractivity (Wildman–Crippen MR) is 101 cm³/mol. The Morgan fingerprint density at radius 2 is 2.07 bits per heavy atom. The molecule has 1 atom stereocenters. The molecule has 0 saturated carbocycles. The first-order valence-corrected chi connectivity index (χ1v) is 9.52. The number of carbonyl (C=O) groups excluding carboxylic acids is 1. The van der Waals surface area contributed by atoms with Gasteiger partial charge in [-0.3, -0.25) is 4.79 Å². The topological polar surface area (TPSA) is 76.5 Å². The van der Waals surface area contributed by atoms with E-state index in [0.717, 1.165) is 47.7 Å². The molecule has 1 aliphatic heterocycles. The van der Waals surface area contributed by atoms with Crippen molar-refractivity contribution in [2.45, 2.75) is 46.5 Å². The third kappa shape index (κ3) is 3.22. The summed E-state index contributed by atoms with van der Waals surface area (Å²) in [5.41, 5.74) is 4.50. The molecule has 0 aromatic carbocycles. The number of likely N-dealkylation sites (tertiary alicyclic amines) is 1. The molecule has 1 aliphatic rings. The van der Waals surface area contributed by atoms with E-state index in [2.05, 4.69) is 15.2 Å². The molecule has 1 saturated heterocycles. The van der Waals surface area contributed by atoms with E-state index in [-0.39, 0.29) is 17.7 Å².